The Morgan fingerprint density at radius 2 is 0.955 bits per heavy atom. The van der Waals surface area contributed by atoms with Crippen molar-refractivity contribution >= 4 is 80.9 Å². The predicted molar refractivity (Wildman–Crippen MR) is 192 cm³/mol. The first-order chi connectivity index (χ1) is 21.8. The van der Waals surface area contributed by atoms with Crippen molar-refractivity contribution < 1.29 is 0 Å². The molecule has 0 aliphatic rings. The SMILES string of the molecule is c1ccc(-c2ccc(N(c3ccccc3)c3ccc4c(ccc5ccc6cc7c(cc6c54)sc4ccccc47)c3)cc2)cc1. The summed E-state index contributed by atoms with van der Waals surface area (Å²) in [5.41, 5.74) is 5.85. The molecule has 8 aromatic carbocycles. The van der Waals surface area contributed by atoms with Gasteiger partial charge in [-0.05, 0) is 98.0 Å². The highest BCUT2D eigenvalue weighted by molar-refractivity contribution is 7.25. The van der Waals surface area contributed by atoms with E-state index >= 15 is 0 Å². The van der Waals surface area contributed by atoms with Crippen LogP contribution in [-0.2, 0) is 0 Å². The number of anilines is 3. The zero-order valence-electron chi connectivity index (χ0n) is 23.9. The van der Waals surface area contributed by atoms with Crippen molar-refractivity contribution in [2.75, 3.05) is 4.90 Å². The zero-order chi connectivity index (χ0) is 29.0. The average Bonchev–Trinajstić information content (AvgIpc) is 3.45. The fourth-order valence-corrected chi connectivity index (χ4v) is 7.82. The second-order valence-corrected chi connectivity index (χ2v) is 12.5. The molecule has 206 valence electrons. The lowest BCUT2D eigenvalue weighted by Gasteiger charge is -2.26. The van der Waals surface area contributed by atoms with Crippen molar-refractivity contribution in [3.05, 3.63) is 164 Å². The van der Waals surface area contributed by atoms with E-state index in [1.165, 1.54) is 63.6 Å². The van der Waals surface area contributed by atoms with E-state index in [1.54, 1.807) is 0 Å². The standard InChI is InChI=1S/C42H27NS/c1-3-9-28(10-4-1)29-19-21-34(22-20-29)43(33-11-5-2-6-12-33)35-23-24-36-31(25-35)17-15-30-16-18-32-26-39-37-13-7-8-14-40(37)44-41(39)27-38(32)42(30)36/h1-27H. The molecule has 2 heteroatoms. The largest absolute Gasteiger partial charge is 0.310 e. The van der Waals surface area contributed by atoms with E-state index in [9.17, 15) is 0 Å². The van der Waals surface area contributed by atoms with Crippen LogP contribution in [0.15, 0.2) is 164 Å². The number of thiophene rings is 1. The second-order valence-electron chi connectivity index (χ2n) is 11.4. The van der Waals surface area contributed by atoms with Gasteiger partial charge in [0, 0.05) is 37.2 Å². The van der Waals surface area contributed by atoms with Crippen LogP contribution in [0.4, 0.5) is 17.1 Å². The van der Waals surface area contributed by atoms with Crippen LogP contribution in [0.25, 0.3) is 63.6 Å². The van der Waals surface area contributed by atoms with Gasteiger partial charge >= 0.3 is 0 Å². The highest BCUT2D eigenvalue weighted by Gasteiger charge is 2.15. The third kappa shape index (κ3) is 4.07. The Hall–Kier alpha value is -5.44. The molecule has 0 aliphatic heterocycles. The summed E-state index contributed by atoms with van der Waals surface area (Å²) in [4.78, 5) is 2.35. The van der Waals surface area contributed by atoms with Crippen LogP contribution in [0.2, 0.25) is 0 Å². The molecule has 1 aromatic heterocycles. The van der Waals surface area contributed by atoms with Gasteiger partial charge in [-0.3, -0.25) is 0 Å². The highest BCUT2D eigenvalue weighted by atomic mass is 32.1. The number of hydrogen-bond acceptors (Lipinski definition) is 2. The number of hydrogen-bond donors (Lipinski definition) is 0. The highest BCUT2D eigenvalue weighted by Crippen LogP contribution is 2.42. The van der Waals surface area contributed by atoms with Gasteiger partial charge in [-0.15, -0.1) is 11.3 Å². The Morgan fingerprint density at radius 1 is 0.341 bits per heavy atom. The summed E-state index contributed by atoms with van der Waals surface area (Å²) in [7, 11) is 0. The Morgan fingerprint density at radius 3 is 1.75 bits per heavy atom. The summed E-state index contributed by atoms with van der Waals surface area (Å²) in [6.07, 6.45) is 0. The lowest BCUT2D eigenvalue weighted by Crippen LogP contribution is -2.09. The van der Waals surface area contributed by atoms with Gasteiger partial charge in [0.1, 0.15) is 0 Å². The third-order valence-corrected chi connectivity index (χ3v) is 9.94. The van der Waals surface area contributed by atoms with Gasteiger partial charge in [0.05, 0.1) is 0 Å². The molecule has 0 radical (unpaired) electrons. The zero-order valence-corrected chi connectivity index (χ0v) is 24.8. The molecular weight excluding hydrogens is 551 g/mol. The number of rotatable bonds is 4. The maximum atomic E-state index is 2.41. The molecule has 0 spiro atoms. The van der Waals surface area contributed by atoms with Crippen LogP contribution >= 0.6 is 11.3 Å². The van der Waals surface area contributed by atoms with Crippen LogP contribution in [-0.4, -0.2) is 0 Å². The van der Waals surface area contributed by atoms with E-state index in [1.807, 2.05) is 11.3 Å². The number of nitrogens with zero attached hydrogens (tertiary/aromatic N) is 1. The Balaban J connectivity index is 1.22. The summed E-state index contributed by atoms with van der Waals surface area (Å²) >= 11 is 1.88. The lowest BCUT2D eigenvalue weighted by atomic mass is 9.95. The molecule has 0 atom stereocenters. The number of fused-ring (bicyclic) bond motifs is 8. The molecule has 44 heavy (non-hydrogen) atoms. The summed E-state index contributed by atoms with van der Waals surface area (Å²) in [6, 6.07) is 59.7. The van der Waals surface area contributed by atoms with Gasteiger partial charge in [0.2, 0.25) is 0 Å². The average molecular weight is 578 g/mol. The van der Waals surface area contributed by atoms with Gasteiger partial charge in [0.25, 0.3) is 0 Å². The van der Waals surface area contributed by atoms with E-state index in [4.69, 9.17) is 0 Å². The van der Waals surface area contributed by atoms with Crippen molar-refractivity contribution in [1.82, 2.24) is 0 Å². The molecule has 9 aromatic rings. The molecule has 0 unspecified atom stereocenters. The van der Waals surface area contributed by atoms with E-state index in [0.717, 1.165) is 17.1 Å². The fourth-order valence-electron chi connectivity index (χ4n) is 6.69. The Labute approximate surface area is 259 Å². The molecular formula is C42H27NS. The molecule has 1 nitrogen and oxygen atoms in total. The van der Waals surface area contributed by atoms with Gasteiger partial charge in [-0.25, -0.2) is 0 Å². The van der Waals surface area contributed by atoms with Gasteiger partial charge in [0.15, 0.2) is 0 Å². The van der Waals surface area contributed by atoms with Crippen LogP contribution in [0.1, 0.15) is 0 Å². The molecule has 9 rings (SSSR count). The Bertz CT molecular complexity index is 2480. The molecule has 0 bridgehead atoms. The number of benzene rings is 8. The molecule has 0 amide bonds. The minimum atomic E-state index is 1.13. The van der Waals surface area contributed by atoms with E-state index in [0.29, 0.717) is 0 Å². The summed E-state index contributed by atoms with van der Waals surface area (Å²) in [5, 5.41) is 10.4. The summed E-state index contributed by atoms with van der Waals surface area (Å²) in [6.45, 7) is 0. The van der Waals surface area contributed by atoms with Crippen molar-refractivity contribution in [2.24, 2.45) is 0 Å². The second kappa shape index (κ2) is 10.1. The summed E-state index contributed by atoms with van der Waals surface area (Å²) in [5.74, 6) is 0. The minimum absolute atomic E-state index is 1.13. The maximum absolute atomic E-state index is 2.41. The monoisotopic (exact) mass is 577 g/mol. The van der Waals surface area contributed by atoms with Crippen molar-refractivity contribution in [1.29, 1.82) is 0 Å². The first kappa shape index (κ1) is 25.1. The molecule has 1 heterocycles. The third-order valence-electron chi connectivity index (χ3n) is 8.80. The first-order valence-electron chi connectivity index (χ1n) is 15.0. The van der Waals surface area contributed by atoms with Crippen LogP contribution in [0, 0.1) is 0 Å². The fraction of sp³-hybridized carbons (Fsp3) is 0. The van der Waals surface area contributed by atoms with Gasteiger partial charge < -0.3 is 4.90 Å². The van der Waals surface area contributed by atoms with Crippen LogP contribution < -0.4 is 4.90 Å². The van der Waals surface area contributed by atoms with Gasteiger partial charge in [-0.1, -0.05) is 109 Å². The van der Waals surface area contributed by atoms with Crippen molar-refractivity contribution in [3.63, 3.8) is 0 Å². The normalized spacial score (nSPS) is 11.6. The van der Waals surface area contributed by atoms with Crippen molar-refractivity contribution in [3.8, 4) is 11.1 Å². The lowest BCUT2D eigenvalue weighted by molar-refractivity contribution is 1.29. The molecule has 0 saturated carbocycles. The summed E-state index contributed by atoms with van der Waals surface area (Å²) < 4.78 is 2.68. The van der Waals surface area contributed by atoms with E-state index in [-0.39, 0.29) is 0 Å². The van der Waals surface area contributed by atoms with Crippen molar-refractivity contribution in [2.45, 2.75) is 0 Å². The quantitative estimate of drug-likeness (QED) is 0.188. The maximum Gasteiger partial charge on any atom is 0.0468 e. The molecule has 0 N–H and O–H groups in total. The predicted octanol–water partition coefficient (Wildman–Crippen LogP) is 12.7. The molecule has 0 aliphatic carbocycles. The van der Waals surface area contributed by atoms with E-state index in [2.05, 4.69) is 169 Å². The minimum Gasteiger partial charge on any atom is -0.310 e. The Kier molecular flexibility index (Phi) is 5.75. The van der Waals surface area contributed by atoms with Crippen LogP contribution in [0.5, 0.6) is 0 Å². The molecule has 0 saturated heterocycles. The smallest absolute Gasteiger partial charge is 0.0468 e. The van der Waals surface area contributed by atoms with E-state index < -0.39 is 0 Å². The van der Waals surface area contributed by atoms with Gasteiger partial charge in [-0.2, -0.15) is 0 Å². The molecule has 0 fully saturated rings. The first-order valence-corrected chi connectivity index (χ1v) is 15.8. The van der Waals surface area contributed by atoms with Crippen LogP contribution in [0.3, 0.4) is 0 Å². The number of para-hydroxylation sites is 1. The topological polar surface area (TPSA) is 3.24 Å².